The molecule has 0 spiro atoms. The number of primary amides is 1. The number of rotatable bonds is 13. The van der Waals surface area contributed by atoms with Crippen molar-refractivity contribution in [3.8, 4) is 0 Å². The zero-order valence-corrected chi connectivity index (χ0v) is 18.6. The lowest BCUT2D eigenvalue weighted by molar-refractivity contribution is -0.142. The van der Waals surface area contributed by atoms with Gasteiger partial charge in [-0.1, -0.05) is 39.3 Å². The van der Waals surface area contributed by atoms with Gasteiger partial charge in [0.1, 0.15) is 12.1 Å². The monoisotopic (exact) mass is 434 g/mol. The summed E-state index contributed by atoms with van der Waals surface area (Å²) in [6.45, 7) is 7.70. The number of anilines is 1. The lowest BCUT2D eigenvalue weighted by atomic mass is 9.97. The molecule has 0 heterocycles. The largest absolute Gasteiger partial charge is 0.480 e. The van der Waals surface area contributed by atoms with Crippen LogP contribution in [0.4, 0.5) is 5.69 Å². The molecule has 31 heavy (non-hydrogen) atoms. The van der Waals surface area contributed by atoms with Gasteiger partial charge in [-0.15, -0.1) is 0 Å². The molecule has 1 aromatic rings. The van der Waals surface area contributed by atoms with Crippen molar-refractivity contribution < 1.29 is 24.3 Å². The molecule has 1 rings (SSSR count). The van der Waals surface area contributed by atoms with Gasteiger partial charge in [0.05, 0.1) is 5.56 Å². The average molecular weight is 435 g/mol. The summed E-state index contributed by atoms with van der Waals surface area (Å²) in [4.78, 5) is 48.3. The summed E-state index contributed by atoms with van der Waals surface area (Å²) in [7, 11) is 0. The molecule has 2 unspecified atom stereocenters. The zero-order valence-electron chi connectivity index (χ0n) is 18.6. The number of carboxylic acid groups (broad SMARTS) is 1. The summed E-state index contributed by atoms with van der Waals surface area (Å²) in [5, 5.41) is 17.8. The smallest absolute Gasteiger partial charge is 0.326 e. The van der Waals surface area contributed by atoms with Crippen molar-refractivity contribution in [3.05, 3.63) is 29.8 Å². The number of hydrogen-bond donors (Lipinski definition) is 5. The zero-order chi connectivity index (χ0) is 23.6. The van der Waals surface area contributed by atoms with E-state index < -0.39 is 35.8 Å². The molecule has 0 aliphatic carbocycles. The Kier molecular flexibility index (Phi) is 10.5. The van der Waals surface area contributed by atoms with E-state index in [1.807, 2.05) is 26.8 Å². The van der Waals surface area contributed by atoms with Crippen LogP contribution < -0.4 is 21.7 Å². The Hall–Kier alpha value is -3.10. The molecular formula is C22H34N4O5. The lowest BCUT2D eigenvalue weighted by Crippen LogP contribution is -2.54. The molecule has 0 saturated carbocycles. The fraction of sp³-hybridized carbons (Fsp3) is 0.545. The molecule has 0 aliphatic heterocycles. The van der Waals surface area contributed by atoms with Crippen LogP contribution in [0.3, 0.4) is 0 Å². The van der Waals surface area contributed by atoms with Crippen molar-refractivity contribution in [2.75, 3.05) is 5.32 Å². The van der Waals surface area contributed by atoms with Crippen molar-refractivity contribution in [2.45, 2.75) is 71.5 Å². The minimum atomic E-state index is -1.28. The lowest BCUT2D eigenvalue weighted by Gasteiger charge is -2.26. The molecular weight excluding hydrogens is 400 g/mol. The highest BCUT2D eigenvalue weighted by Gasteiger charge is 2.30. The molecule has 9 nitrogen and oxygen atoms in total. The third-order valence-electron chi connectivity index (χ3n) is 5.26. The van der Waals surface area contributed by atoms with Gasteiger partial charge in [0.25, 0.3) is 5.91 Å². The number of nitrogens with one attached hydrogen (secondary N) is 3. The minimum Gasteiger partial charge on any atom is -0.480 e. The summed E-state index contributed by atoms with van der Waals surface area (Å²) in [5.41, 5.74) is 6.13. The van der Waals surface area contributed by atoms with Gasteiger partial charge in [0.2, 0.25) is 11.8 Å². The standard InChI is InChI=1S/C22H34N4O5/c1-5-13(3)19(21(29)25-17(22(30)31)11-12-18(23)27)26-20(28)15-9-7-8-10-16(15)24-14(4)6-2/h7-10,13-14,17,19,24H,5-6,11-12H2,1-4H3,(H2,23,27)(H,25,29)(H,26,28)(H,30,31)/t13?,14?,17-,19-/m0/s1. The summed E-state index contributed by atoms with van der Waals surface area (Å²) < 4.78 is 0. The number of nitrogens with two attached hydrogens (primary N) is 1. The third-order valence-corrected chi connectivity index (χ3v) is 5.26. The molecule has 0 radical (unpaired) electrons. The Morgan fingerprint density at radius 2 is 1.68 bits per heavy atom. The van der Waals surface area contributed by atoms with Gasteiger partial charge in [0.15, 0.2) is 0 Å². The van der Waals surface area contributed by atoms with Crippen molar-refractivity contribution in [1.29, 1.82) is 0 Å². The molecule has 172 valence electrons. The summed E-state index contributed by atoms with van der Waals surface area (Å²) >= 11 is 0. The summed E-state index contributed by atoms with van der Waals surface area (Å²) in [5.74, 6) is -3.23. The molecule has 1 aromatic carbocycles. The van der Waals surface area contributed by atoms with E-state index in [9.17, 15) is 24.3 Å². The van der Waals surface area contributed by atoms with Crippen LogP contribution in [0.25, 0.3) is 0 Å². The van der Waals surface area contributed by atoms with E-state index in [4.69, 9.17) is 5.73 Å². The molecule has 3 amide bonds. The molecule has 0 aromatic heterocycles. The van der Waals surface area contributed by atoms with E-state index in [1.54, 1.807) is 25.1 Å². The molecule has 0 bridgehead atoms. The number of carboxylic acids is 1. The van der Waals surface area contributed by atoms with Gasteiger partial charge in [-0.2, -0.15) is 0 Å². The number of aliphatic carboxylic acids is 1. The summed E-state index contributed by atoms with van der Waals surface area (Å²) in [6.07, 6.45) is 1.16. The van der Waals surface area contributed by atoms with Crippen LogP contribution in [-0.2, 0) is 14.4 Å². The first-order chi connectivity index (χ1) is 14.6. The fourth-order valence-electron chi connectivity index (χ4n) is 2.90. The van der Waals surface area contributed by atoms with Gasteiger partial charge in [0, 0.05) is 18.2 Å². The maximum atomic E-state index is 13.0. The Morgan fingerprint density at radius 3 is 2.23 bits per heavy atom. The highest BCUT2D eigenvalue weighted by molar-refractivity contribution is 6.02. The maximum Gasteiger partial charge on any atom is 0.326 e. The van der Waals surface area contributed by atoms with Gasteiger partial charge >= 0.3 is 5.97 Å². The highest BCUT2D eigenvalue weighted by Crippen LogP contribution is 2.18. The predicted molar refractivity (Wildman–Crippen MR) is 119 cm³/mol. The number of hydrogen-bond acceptors (Lipinski definition) is 5. The number of carbonyl (C=O) groups is 4. The Morgan fingerprint density at radius 1 is 1.03 bits per heavy atom. The van der Waals surface area contributed by atoms with Crippen LogP contribution >= 0.6 is 0 Å². The number of amides is 3. The molecule has 4 atom stereocenters. The molecule has 0 aliphatic rings. The normalized spacial score (nSPS) is 14.6. The molecule has 9 heteroatoms. The second-order valence-electron chi connectivity index (χ2n) is 7.74. The van der Waals surface area contributed by atoms with Gasteiger partial charge in [-0.3, -0.25) is 14.4 Å². The minimum absolute atomic E-state index is 0.126. The van der Waals surface area contributed by atoms with E-state index >= 15 is 0 Å². The van der Waals surface area contributed by atoms with E-state index in [1.165, 1.54) is 0 Å². The second-order valence-corrected chi connectivity index (χ2v) is 7.74. The predicted octanol–water partition coefficient (Wildman–Crippen LogP) is 1.88. The first kappa shape index (κ1) is 25.9. The van der Waals surface area contributed by atoms with Crippen LogP contribution in [0, 0.1) is 5.92 Å². The molecule has 0 fully saturated rings. The van der Waals surface area contributed by atoms with Crippen LogP contribution in [0.2, 0.25) is 0 Å². The Labute approximate surface area is 183 Å². The first-order valence-electron chi connectivity index (χ1n) is 10.6. The van der Waals surface area contributed by atoms with Gasteiger partial charge in [-0.05, 0) is 37.8 Å². The van der Waals surface area contributed by atoms with Crippen LogP contribution in [-0.4, -0.2) is 46.9 Å². The van der Waals surface area contributed by atoms with Crippen molar-refractivity contribution in [1.82, 2.24) is 10.6 Å². The van der Waals surface area contributed by atoms with Crippen LogP contribution in [0.5, 0.6) is 0 Å². The first-order valence-corrected chi connectivity index (χ1v) is 10.6. The van der Waals surface area contributed by atoms with Crippen LogP contribution in [0.1, 0.15) is 63.7 Å². The Balaban J connectivity index is 3.03. The van der Waals surface area contributed by atoms with Crippen molar-refractivity contribution in [2.24, 2.45) is 11.7 Å². The van der Waals surface area contributed by atoms with E-state index in [0.29, 0.717) is 17.7 Å². The fourth-order valence-corrected chi connectivity index (χ4v) is 2.90. The van der Waals surface area contributed by atoms with Gasteiger partial charge in [-0.25, -0.2) is 4.79 Å². The number of para-hydroxylation sites is 1. The number of benzene rings is 1. The SMILES string of the molecule is CCC(C)Nc1ccccc1C(=O)N[C@H](C(=O)N[C@@H](CCC(N)=O)C(=O)O)C(C)CC. The Bertz CT molecular complexity index is 783. The van der Waals surface area contributed by atoms with E-state index in [0.717, 1.165) is 6.42 Å². The average Bonchev–Trinajstić information content (AvgIpc) is 2.73. The molecule has 0 saturated heterocycles. The van der Waals surface area contributed by atoms with Gasteiger partial charge < -0.3 is 26.8 Å². The quantitative estimate of drug-likeness (QED) is 0.320. The van der Waals surface area contributed by atoms with Crippen molar-refractivity contribution in [3.63, 3.8) is 0 Å². The maximum absolute atomic E-state index is 13.0. The second kappa shape index (κ2) is 12.6. The van der Waals surface area contributed by atoms with Crippen molar-refractivity contribution >= 4 is 29.4 Å². The van der Waals surface area contributed by atoms with E-state index in [2.05, 4.69) is 16.0 Å². The topological polar surface area (TPSA) is 151 Å². The third kappa shape index (κ3) is 8.27. The highest BCUT2D eigenvalue weighted by atomic mass is 16.4. The van der Waals surface area contributed by atoms with Crippen LogP contribution in [0.15, 0.2) is 24.3 Å². The number of carbonyl (C=O) groups excluding carboxylic acids is 3. The summed E-state index contributed by atoms with van der Waals surface area (Å²) in [6, 6.07) is 4.95. The van der Waals surface area contributed by atoms with E-state index in [-0.39, 0.29) is 24.8 Å². The molecule has 6 N–H and O–H groups in total.